The molecule has 4 heterocycles. The predicted molar refractivity (Wildman–Crippen MR) is 119 cm³/mol. The number of nitrogens with one attached hydrogen (secondary N) is 2. The van der Waals surface area contributed by atoms with Crippen LogP contribution >= 0.6 is 0 Å². The Morgan fingerprint density at radius 3 is 2.94 bits per heavy atom. The van der Waals surface area contributed by atoms with Gasteiger partial charge in [-0.2, -0.15) is 0 Å². The zero-order valence-electron chi connectivity index (χ0n) is 17.4. The molecule has 2 aromatic carbocycles. The number of aryl methyl sites for hydroxylation is 1. The molecule has 0 amide bonds. The van der Waals surface area contributed by atoms with Crippen LogP contribution in [0, 0.1) is 6.92 Å². The molecule has 2 aromatic heterocycles. The molecule has 2 aliphatic heterocycles. The molecule has 0 saturated carbocycles. The van der Waals surface area contributed by atoms with Crippen LogP contribution in [-0.2, 0) is 6.54 Å². The lowest BCUT2D eigenvalue weighted by atomic mass is 10.1. The van der Waals surface area contributed by atoms with Gasteiger partial charge in [-0.15, -0.1) is 0 Å². The third-order valence-electron chi connectivity index (χ3n) is 6.52. The number of fused-ring (bicyclic) bond motifs is 5. The summed E-state index contributed by atoms with van der Waals surface area (Å²) in [5.74, 6) is 0.682. The molecule has 158 valence electrons. The quantitative estimate of drug-likeness (QED) is 0.458. The normalized spacial score (nSPS) is 22.8. The molecule has 8 heteroatoms. The second-order valence-corrected chi connectivity index (χ2v) is 8.69. The largest absolute Gasteiger partial charge is 0.487 e. The first kappa shape index (κ1) is 18.4. The highest BCUT2D eigenvalue weighted by molar-refractivity contribution is 5.93. The summed E-state index contributed by atoms with van der Waals surface area (Å²) in [7, 11) is 0. The highest BCUT2D eigenvalue weighted by atomic mass is 16.5. The average molecular weight is 417 g/mol. The van der Waals surface area contributed by atoms with Crippen LogP contribution in [0.25, 0.3) is 33.2 Å². The van der Waals surface area contributed by atoms with Gasteiger partial charge in [0, 0.05) is 31.1 Å². The van der Waals surface area contributed by atoms with E-state index in [0.29, 0.717) is 45.8 Å². The summed E-state index contributed by atoms with van der Waals surface area (Å²) < 4.78 is 8.06. The number of hydrogen-bond acceptors (Lipinski definition) is 5. The predicted octanol–water partition coefficient (Wildman–Crippen LogP) is 2.40. The van der Waals surface area contributed by atoms with Crippen molar-refractivity contribution in [1.82, 2.24) is 24.6 Å². The van der Waals surface area contributed by atoms with Gasteiger partial charge in [-0.3, -0.25) is 24.3 Å². The van der Waals surface area contributed by atoms with E-state index in [-0.39, 0.29) is 22.9 Å². The molecule has 2 aliphatic rings. The highest BCUT2D eigenvalue weighted by Crippen LogP contribution is 2.31. The number of nitrogens with zero attached hydrogens (tertiary/aromatic N) is 3. The minimum absolute atomic E-state index is 0.0268. The fourth-order valence-corrected chi connectivity index (χ4v) is 4.96. The van der Waals surface area contributed by atoms with Gasteiger partial charge in [-0.1, -0.05) is 12.1 Å². The number of ether oxygens (including phenoxy) is 1. The Kier molecular flexibility index (Phi) is 3.89. The molecule has 3 atom stereocenters. The van der Waals surface area contributed by atoms with Gasteiger partial charge < -0.3 is 9.72 Å². The van der Waals surface area contributed by atoms with Crippen molar-refractivity contribution < 1.29 is 4.74 Å². The number of hydrogen-bond donors (Lipinski definition) is 2. The van der Waals surface area contributed by atoms with Crippen LogP contribution in [0.1, 0.15) is 18.9 Å². The maximum absolute atomic E-state index is 13.0. The van der Waals surface area contributed by atoms with E-state index in [0.717, 1.165) is 25.1 Å². The summed E-state index contributed by atoms with van der Waals surface area (Å²) >= 11 is 0. The summed E-state index contributed by atoms with van der Waals surface area (Å²) in [6, 6.07) is 9.64. The second-order valence-electron chi connectivity index (χ2n) is 8.69. The Balaban J connectivity index is 1.68. The number of H-pyrrole nitrogens is 2. The molecule has 4 aromatic rings. The van der Waals surface area contributed by atoms with E-state index in [1.807, 2.05) is 25.1 Å². The number of aromatic nitrogens is 4. The Morgan fingerprint density at radius 2 is 2.06 bits per heavy atom. The lowest BCUT2D eigenvalue weighted by Gasteiger charge is -2.20. The van der Waals surface area contributed by atoms with Crippen LogP contribution in [-0.4, -0.2) is 49.9 Å². The van der Waals surface area contributed by atoms with Crippen molar-refractivity contribution >= 4 is 21.9 Å². The van der Waals surface area contributed by atoms with Crippen molar-refractivity contribution in [2.24, 2.45) is 0 Å². The first-order valence-electron chi connectivity index (χ1n) is 10.7. The first-order chi connectivity index (χ1) is 15.0. The summed E-state index contributed by atoms with van der Waals surface area (Å²) in [6.07, 6.45) is 0.925. The summed E-state index contributed by atoms with van der Waals surface area (Å²) in [4.78, 5) is 36.1. The Morgan fingerprint density at radius 1 is 1.19 bits per heavy atom. The van der Waals surface area contributed by atoms with Crippen LogP contribution < -0.4 is 15.9 Å². The maximum atomic E-state index is 13.0. The van der Waals surface area contributed by atoms with Gasteiger partial charge in [-0.05, 0) is 37.6 Å². The Labute approximate surface area is 177 Å². The molecule has 6 rings (SSSR count). The minimum Gasteiger partial charge on any atom is -0.487 e. The lowest BCUT2D eigenvalue weighted by molar-refractivity contribution is 0.195. The van der Waals surface area contributed by atoms with Crippen LogP contribution in [0.5, 0.6) is 5.75 Å². The zero-order valence-corrected chi connectivity index (χ0v) is 17.4. The molecule has 0 spiro atoms. The van der Waals surface area contributed by atoms with Crippen LogP contribution in [0.15, 0.2) is 39.9 Å². The SMILES string of the molecule is Cc1cc2c3nc(c(=O)[nH]c3c1)-c1cccc3c(=O)n([nH]c13)CCN1CC(C[C@H]1C)O2. The van der Waals surface area contributed by atoms with E-state index in [1.165, 1.54) is 0 Å². The van der Waals surface area contributed by atoms with Gasteiger partial charge in [0.15, 0.2) is 0 Å². The molecule has 2 N–H and O–H groups in total. The van der Waals surface area contributed by atoms with Crippen molar-refractivity contribution in [3.63, 3.8) is 0 Å². The summed E-state index contributed by atoms with van der Waals surface area (Å²) in [5, 5.41) is 3.79. The third-order valence-corrected chi connectivity index (χ3v) is 6.52. The van der Waals surface area contributed by atoms with Gasteiger partial charge >= 0.3 is 0 Å². The highest BCUT2D eigenvalue weighted by Gasteiger charge is 2.31. The number of benzene rings is 2. The molecular formula is C23H23N5O3. The molecule has 6 bridgehead atoms. The van der Waals surface area contributed by atoms with Crippen molar-refractivity contribution in [2.75, 3.05) is 13.1 Å². The van der Waals surface area contributed by atoms with E-state index < -0.39 is 0 Å². The van der Waals surface area contributed by atoms with E-state index >= 15 is 0 Å². The van der Waals surface area contributed by atoms with E-state index in [2.05, 4.69) is 21.9 Å². The maximum Gasteiger partial charge on any atom is 0.275 e. The molecule has 0 aliphatic carbocycles. The molecule has 8 nitrogen and oxygen atoms in total. The molecule has 2 unspecified atom stereocenters. The lowest BCUT2D eigenvalue weighted by Crippen LogP contribution is -2.33. The van der Waals surface area contributed by atoms with Crippen molar-refractivity contribution in [3.05, 3.63) is 56.6 Å². The van der Waals surface area contributed by atoms with Crippen molar-refractivity contribution in [2.45, 2.75) is 39.0 Å². The monoisotopic (exact) mass is 417 g/mol. The first-order valence-corrected chi connectivity index (χ1v) is 10.7. The third kappa shape index (κ3) is 2.82. The fraction of sp³-hybridized carbons (Fsp3) is 0.348. The second kappa shape index (κ2) is 6.55. The Bertz CT molecular complexity index is 1460. The van der Waals surface area contributed by atoms with Crippen molar-refractivity contribution in [1.29, 1.82) is 0 Å². The smallest absolute Gasteiger partial charge is 0.275 e. The van der Waals surface area contributed by atoms with Gasteiger partial charge in [0.1, 0.15) is 23.1 Å². The van der Waals surface area contributed by atoms with E-state index in [4.69, 9.17) is 9.72 Å². The van der Waals surface area contributed by atoms with Gasteiger partial charge in [0.2, 0.25) is 0 Å². The summed E-state index contributed by atoms with van der Waals surface area (Å²) in [6.45, 7) is 6.25. The molecule has 1 saturated heterocycles. The molecule has 1 fully saturated rings. The zero-order chi connectivity index (χ0) is 21.3. The Hall–Kier alpha value is -3.39. The van der Waals surface area contributed by atoms with Crippen LogP contribution in [0.2, 0.25) is 0 Å². The number of para-hydroxylation sites is 1. The van der Waals surface area contributed by atoms with Gasteiger partial charge in [0.25, 0.3) is 11.1 Å². The van der Waals surface area contributed by atoms with Crippen LogP contribution in [0.4, 0.5) is 0 Å². The minimum atomic E-state index is -0.294. The molecule has 31 heavy (non-hydrogen) atoms. The standard InChI is InChI=1S/C23H23N5O3/c1-12-8-17-21-18(9-12)31-14-10-13(2)27(11-14)6-7-28-23(30)16-5-3-4-15(19(16)26-28)20(25-21)22(29)24-17/h3-5,8-9,13-14,26H,6-7,10-11H2,1-2H3,(H,24,29)/t13-,14?/m1/s1. The van der Waals surface area contributed by atoms with Gasteiger partial charge in [0.05, 0.1) is 23.0 Å². The molecule has 0 radical (unpaired) electrons. The molecular weight excluding hydrogens is 394 g/mol. The topological polar surface area (TPSA) is 96.0 Å². The van der Waals surface area contributed by atoms with Crippen molar-refractivity contribution in [3.8, 4) is 17.0 Å². The fourth-order valence-electron chi connectivity index (χ4n) is 4.96. The van der Waals surface area contributed by atoms with E-state index in [1.54, 1.807) is 16.8 Å². The van der Waals surface area contributed by atoms with E-state index in [9.17, 15) is 9.59 Å². The van der Waals surface area contributed by atoms with Gasteiger partial charge in [-0.25, -0.2) is 4.98 Å². The number of rotatable bonds is 0. The average Bonchev–Trinajstić information content (AvgIpc) is 3.24. The summed E-state index contributed by atoms with van der Waals surface area (Å²) in [5.41, 5.74) is 3.41. The number of aromatic amines is 2. The van der Waals surface area contributed by atoms with Crippen LogP contribution in [0.3, 0.4) is 0 Å².